The van der Waals surface area contributed by atoms with E-state index in [0.29, 0.717) is 18.4 Å². The van der Waals surface area contributed by atoms with Gasteiger partial charge >= 0.3 is 0 Å². The molecule has 3 nitrogen and oxygen atoms in total. The Balaban J connectivity index is 2.07. The van der Waals surface area contributed by atoms with Gasteiger partial charge in [-0.1, -0.05) is 38.8 Å². The predicted octanol–water partition coefficient (Wildman–Crippen LogP) is 3.96. The van der Waals surface area contributed by atoms with Crippen LogP contribution in [0.5, 0.6) is 5.75 Å². The van der Waals surface area contributed by atoms with Crippen molar-refractivity contribution >= 4 is 5.91 Å². The van der Waals surface area contributed by atoms with Gasteiger partial charge in [-0.15, -0.1) is 0 Å². The van der Waals surface area contributed by atoms with Crippen molar-refractivity contribution in [2.24, 2.45) is 11.3 Å². The Kier molecular flexibility index (Phi) is 4.92. The Morgan fingerprint density at radius 2 is 1.81 bits per heavy atom. The van der Waals surface area contributed by atoms with Gasteiger partial charge in [-0.05, 0) is 42.9 Å². The lowest BCUT2D eigenvalue weighted by Gasteiger charge is -2.34. The first kappa shape index (κ1) is 15.9. The third-order valence-electron chi connectivity index (χ3n) is 4.52. The van der Waals surface area contributed by atoms with Crippen molar-refractivity contribution in [3.05, 3.63) is 29.8 Å². The van der Waals surface area contributed by atoms with Crippen LogP contribution < -0.4 is 0 Å². The zero-order valence-electron chi connectivity index (χ0n) is 13.4. The highest BCUT2D eigenvalue weighted by Crippen LogP contribution is 2.44. The number of hydrogen-bond acceptors (Lipinski definition) is 2. The van der Waals surface area contributed by atoms with Crippen LogP contribution in [0.1, 0.15) is 51.5 Å². The van der Waals surface area contributed by atoms with E-state index >= 15 is 0 Å². The minimum atomic E-state index is -0.139. The fraction of sp³-hybridized carbons (Fsp3) is 0.611. The number of amides is 1. The first-order valence-corrected chi connectivity index (χ1v) is 7.96. The van der Waals surface area contributed by atoms with Crippen LogP contribution >= 0.6 is 0 Å². The van der Waals surface area contributed by atoms with Gasteiger partial charge in [-0.3, -0.25) is 4.79 Å². The average molecular weight is 289 g/mol. The van der Waals surface area contributed by atoms with Crippen LogP contribution in [0, 0.1) is 11.3 Å². The van der Waals surface area contributed by atoms with E-state index < -0.39 is 0 Å². The van der Waals surface area contributed by atoms with E-state index in [9.17, 15) is 9.90 Å². The number of rotatable bonds is 5. The number of phenols is 1. The van der Waals surface area contributed by atoms with Gasteiger partial charge in [-0.2, -0.15) is 0 Å². The lowest BCUT2D eigenvalue weighted by atomic mass is 9.77. The van der Waals surface area contributed by atoms with E-state index in [-0.39, 0.29) is 11.2 Å². The summed E-state index contributed by atoms with van der Waals surface area (Å²) in [5, 5.41) is 9.33. The number of nitrogens with zero attached hydrogens (tertiary/aromatic N) is 1. The van der Waals surface area contributed by atoms with Gasteiger partial charge in [0.25, 0.3) is 0 Å². The molecule has 1 aromatic rings. The molecular weight excluding hydrogens is 262 g/mol. The van der Waals surface area contributed by atoms with Crippen molar-refractivity contribution in [2.45, 2.75) is 52.5 Å². The molecule has 1 aliphatic carbocycles. The molecule has 0 atom stereocenters. The molecule has 2 rings (SSSR count). The van der Waals surface area contributed by atoms with Gasteiger partial charge in [0.15, 0.2) is 0 Å². The van der Waals surface area contributed by atoms with Gasteiger partial charge in [0.1, 0.15) is 5.75 Å². The maximum Gasteiger partial charge on any atom is 0.228 e. The summed E-state index contributed by atoms with van der Waals surface area (Å²) >= 11 is 0. The standard InChI is InChI=1S/C18H27NO2/c1-14(2)12-18(10-4-5-11-18)17(21)19(3)13-15-6-8-16(20)9-7-15/h6-9,14,20H,4-5,10-13H2,1-3H3. The van der Waals surface area contributed by atoms with Crippen LogP contribution in [0.15, 0.2) is 24.3 Å². The maximum atomic E-state index is 13.0. The normalized spacial score (nSPS) is 17.1. The molecule has 1 N–H and O–H groups in total. The SMILES string of the molecule is CC(C)CC1(C(=O)N(C)Cc2ccc(O)cc2)CCCC1. The molecule has 0 heterocycles. The smallest absolute Gasteiger partial charge is 0.228 e. The van der Waals surface area contributed by atoms with Crippen LogP contribution in [0.2, 0.25) is 0 Å². The number of hydrogen-bond donors (Lipinski definition) is 1. The fourth-order valence-corrected chi connectivity index (χ4v) is 3.69. The molecule has 1 aliphatic rings. The van der Waals surface area contributed by atoms with Crippen molar-refractivity contribution in [1.82, 2.24) is 4.90 Å². The van der Waals surface area contributed by atoms with Crippen molar-refractivity contribution in [3.8, 4) is 5.75 Å². The van der Waals surface area contributed by atoms with Crippen LogP contribution in [0.3, 0.4) is 0 Å². The third-order valence-corrected chi connectivity index (χ3v) is 4.52. The highest BCUT2D eigenvalue weighted by Gasteiger charge is 2.42. The molecule has 1 amide bonds. The molecule has 0 spiro atoms. The lowest BCUT2D eigenvalue weighted by Crippen LogP contribution is -2.41. The topological polar surface area (TPSA) is 40.5 Å². The second kappa shape index (κ2) is 6.50. The molecule has 116 valence electrons. The van der Waals surface area contributed by atoms with Gasteiger partial charge in [0.2, 0.25) is 5.91 Å². The molecule has 0 aromatic heterocycles. The number of phenolic OH excluding ortho intramolecular Hbond substituents is 1. The zero-order valence-corrected chi connectivity index (χ0v) is 13.4. The molecule has 0 unspecified atom stereocenters. The highest BCUT2D eigenvalue weighted by atomic mass is 16.3. The van der Waals surface area contributed by atoms with Crippen molar-refractivity contribution in [2.75, 3.05) is 7.05 Å². The van der Waals surface area contributed by atoms with Gasteiger partial charge < -0.3 is 10.0 Å². The van der Waals surface area contributed by atoms with E-state index in [0.717, 1.165) is 24.8 Å². The first-order valence-electron chi connectivity index (χ1n) is 7.96. The Morgan fingerprint density at radius 3 is 2.33 bits per heavy atom. The van der Waals surface area contributed by atoms with Gasteiger partial charge in [-0.25, -0.2) is 0 Å². The zero-order chi connectivity index (χ0) is 15.5. The monoisotopic (exact) mass is 289 g/mol. The summed E-state index contributed by atoms with van der Waals surface area (Å²) in [7, 11) is 1.90. The van der Waals surface area contributed by atoms with Gasteiger partial charge in [0, 0.05) is 19.0 Å². The minimum absolute atomic E-state index is 0.139. The molecular formula is C18H27NO2. The second-order valence-corrected chi connectivity index (χ2v) is 6.91. The Labute approximate surface area is 128 Å². The Bertz CT molecular complexity index is 472. The minimum Gasteiger partial charge on any atom is -0.508 e. The number of benzene rings is 1. The molecule has 0 bridgehead atoms. The third kappa shape index (κ3) is 3.78. The molecule has 21 heavy (non-hydrogen) atoms. The fourth-order valence-electron chi connectivity index (χ4n) is 3.69. The van der Waals surface area contributed by atoms with Crippen molar-refractivity contribution in [3.63, 3.8) is 0 Å². The summed E-state index contributed by atoms with van der Waals surface area (Å²) in [5.74, 6) is 1.11. The average Bonchev–Trinajstić information content (AvgIpc) is 2.89. The molecule has 1 fully saturated rings. The second-order valence-electron chi connectivity index (χ2n) is 6.91. The molecule has 3 heteroatoms. The summed E-state index contributed by atoms with van der Waals surface area (Å²) in [5.41, 5.74) is 0.918. The van der Waals surface area contributed by atoms with E-state index in [1.807, 2.05) is 24.1 Å². The summed E-state index contributed by atoms with van der Waals surface area (Å²) in [6.07, 6.45) is 5.40. The van der Waals surface area contributed by atoms with E-state index in [1.165, 1.54) is 12.8 Å². The number of carbonyl (C=O) groups is 1. The van der Waals surface area contributed by atoms with Crippen LogP contribution in [0.25, 0.3) is 0 Å². The van der Waals surface area contributed by atoms with E-state index in [1.54, 1.807) is 12.1 Å². The Morgan fingerprint density at radius 1 is 1.24 bits per heavy atom. The molecule has 0 aliphatic heterocycles. The van der Waals surface area contributed by atoms with Crippen LogP contribution in [-0.2, 0) is 11.3 Å². The van der Waals surface area contributed by atoms with Crippen LogP contribution in [-0.4, -0.2) is 23.0 Å². The van der Waals surface area contributed by atoms with Crippen LogP contribution in [0.4, 0.5) is 0 Å². The summed E-state index contributed by atoms with van der Waals surface area (Å²) in [6.45, 7) is 5.01. The van der Waals surface area contributed by atoms with E-state index in [2.05, 4.69) is 13.8 Å². The summed E-state index contributed by atoms with van der Waals surface area (Å²) in [6, 6.07) is 7.10. The lowest BCUT2D eigenvalue weighted by molar-refractivity contribution is -0.142. The van der Waals surface area contributed by atoms with Crippen molar-refractivity contribution in [1.29, 1.82) is 0 Å². The summed E-state index contributed by atoms with van der Waals surface area (Å²) in [4.78, 5) is 14.8. The summed E-state index contributed by atoms with van der Waals surface area (Å²) < 4.78 is 0. The first-order chi connectivity index (χ1) is 9.93. The largest absolute Gasteiger partial charge is 0.508 e. The van der Waals surface area contributed by atoms with E-state index in [4.69, 9.17) is 0 Å². The molecule has 1 aromatic carbocycles. The van der Waals surface area contributed by atoms with Gasteiger partial charge in [0.05, 0.1) is 0 Å². The maximum absolute atomic E-state index is 13.0. The molecule has 0 radical (unpaired) electrons. The molecule has 0 saturated heterocycles. The predicted molar refractivity (Wildman–Crippen MR) is 84.9 cm³/mol. The quantitative estimate of drug-likeness (QED) is 0.891. The number of carbonyl (C=O) groups excluding carboxylic acids is 1. The number of aromatic hydroxyl groups is 1. The van der Waals surface area contributed by atoms with Crippen molar-refractivity contribution < 1.29 is 9.90 Å². The highest BCUT2D eigenvalue weighted by molar-refractivity contribution is 5.82. The molecule has 1 saturated carbocycles. The Hall–Kier alpha value is -1.51.